The third-order valence-electron chi connectivity index (χ3n) is 13.0. The average molecular weight is 1110 g/mol. The Balaban J connectivity index is 0.000000300. The number of nitriles is 3. The summed E-state index contributed by atoms with van der Waals surface area (Å²) >= 11 is 0. The van der Waals surface area contributed by atoms with Gasteiger partial charge in [0.1, 0.15) is 11.7 Å². The highest BCUT2D eigenvalue weighted by Gasteiger charge is 2.20. The summed E-state index contributed by atoms with van der Waals surface area (Å²) in [5, 5.41) is 33.5. The zero-order valence-electron chi connectivity index (χ0n) is 48.4. The summed E-state index contributed by atoms with van der Waals surface area (Å²) < 4.78 is 14.4. The smallest absolute Gasteiger partial charge is 0.126 e. The van der Waals surface area contributed by atoms with Crippen LogP contribution < -0.4 is 27.0 Å². The Morgan fingerprint density at radius 2 is 1.43 bits per heavy atom. The van der Waals surface area contributed by atoms with E-state index < -0.39 is 0 Å². The van der Waals surface area contributed by atoms with E-state index in [2.05, 4.69) is 98.5 Å². The number of fused-ring (bicyclic) bond motifs is 1. The molecular formula is C72H70FN11. The number of hydrogen-bond donors (Lipinski definition) is 4. The first-order valence-electron chi connectivity index (χ1n) is 26.9. The minimum Gasteiger partial charge on any atom is -0.399 e. The number of allylic oxidation sites excluding steroid dienone is 10. The zero-order valence-corrected chi connectivity index (χ0v) is 48.4. The second-order valence-electron chi connectivity index (χ2n) is 18.8. The molecule has 0 radical (unpaired) electrons. The van der Waals surface area contributed by atoms with E-state index in [1.807, 2.05) is 147 Å². The lowest BCUT2D eigenvalue weighted by Crippen LogP contribution is -2.17. The van der Waals surface area contributed by atoms with Crippen molar-refractivity contribution in [2.45, 2.75) is 47.1 Å². The minimum atomic E-state index is -0.382. The van der Waals surface area contributed by atoms with Gasteiger partial charge < -0.3 is 37.4 Å². The monoisotopic (exact) mass is 1110 g/mol. The fourth-order valence-corrected chi connectivity index (χ4v) is 9.13. The molecule has 0 saturated carbocycles. The minimum absolute atomic E-state index is 0.340. The van der Waals surface area contributed by atoms with E-state index in [9.17, 15) is 20.2 Å². The number of nitrogens with one attached hydrogen (secondary N) is 1. The molecule has 420 valence electrons. The molecule has 12 heteroatoms. The molecule has 1 heterocycles. The molecule has 0 aromatic heterocycles. The van der Waals surface area contributed by atoms with Crippen molar-refractivity contribution in [3.63, 3.8) is 0 Å². The van der Waals surface area contributed by atoms with Crippen molar-refractivity contribution >= 4 is 64.4 Å². The Morgan fingerprint density at radius 3 is 2.05 bits per heavy atom. The molecular weight excluding hydrogens is 1040 g/mol. The van der Waals surface area contributed by atoms with E-state index in [0.717, 1.165) is 85.6 Å². The molecule has 0 amide bonds. The number of nitrogens with zero attached hydrogens (tertiary/aromatic N) is 7. The maximum atomic E-state index is 14.4. The lowest BCUT2D eigenvalue weighted by atomic mass is 9.93. The van der Waals surface area contributed by atoms with Crippen LogP contribution in [0.1, 0.15) is 78.1 Å². The molecule has 0 unspecified atom stereocenters. The number of aliphatic imine (C=N–C) groups is 2. The number of benzene rings is 7. The number of nitrogen functional groups attached to an aromatic ring is 1. The van der Waals surface area contributed by atoms with Crippen LogP contribution in [0, 0.1) is 52.1 Å². The zero-order chi connectivity index (χ0) is 61.3. The molecule has 0 fully saturated rings. The molecule has 7 aromatic rings. The van der Waals surface area contributed by atoms with Crippen molar-refractivity contribution in [1.82, 2.24) is 0 Å². The van der Waals surface area contributed by atoms with Gasteiger partial charge in [-0.05, 0) is 211 Å². The van der Waals surface area contributed by atoms with Gasteiger partial charge in [-0.25, -0.2) is 4.39 Å². The van der Waals surface area contributed by atoms with Crippen LogP contribution in [-0.4, -0.2) is 26.3 Å². The number of rotatable bonds is 12. The Morgan fingerprint density at radius 1 is 0.774 bits per heavy atom. The van der Waals surface area contributed by atoms with Gasteiger partial charge in [-0.15, -0.1) is 0 Å². The third-order valence-corrected chi connectivity index (χ3v) is 13.0. The van der Waals surface area contributed by atoms with Crippen molar-refractivity contribution in [1.29, 1.82) is 21.2 Å². The SMILES string of the molecule is C=C1/C=C(N)\C=C/N(c2cc(C(N)=NCc3cccc(C4=CC=C(C#N)CC4)c3)cc(-c3cccc(C#N)c3)c2)c2ccc(F)cc21.C=CC(=C)c1cc(N)ccc1N(/C=C\C)c1cc(C)cc(-c2cccc(C#N)c2)c1.C=N.C=NC.CC. The van der Waals surface area contributed by atoms with E-state index in [-0.39, 0.29) is 5.82 Å². The second kappa shape index (κ2) is 31.6. The first-order valence-corrected chi connectivity index (χ1v) is 26.9. The number of hydrogen-bond acceptors (Lipinski definition) is 10. The van der Waals surface area contributed by atoms with Crippen molar-refractivity contribution in [2.24, 2.45) is 21.5 Å². The van der Waals surface area contributed by atoms with Gasteiger partial charge in [0.25, 0.3) is 0 Å². The highest BCUT2D eigenvalue weighted by Crippen LogP contribution is 2.40. The van der Waals surface area contributed by atoms with Gasteiger partial charge in [0.15, 0.2) is 0 Å². The lowest BCUT2D eigenvalue weighted by Gasteiger charge is -2.27. The molecule has 7 N–H and O–H groups in total. The largest absolute Gasteiger partial charge is 0.399 e. The number of aryl methyl sites for hydroxylation is 1. The molecule has 0 bridgehead atoms. The Kier molecular flexibility index (Phi) is 24.0. The van der Waals surface area contributed by atoms with Crippen molar-refractivity contribution in [2.75, 3.05) is 22.6 Å². The molecule has 0 saturated heterocycles. The van der Waals surface area contributed by atoms with Crippen LogP contribution in [0.2, 0.25) is 0 Å². The third kappa shape index (κ3) is 16.7. The first kappa shape index (κ1) is 63.7. The Bertz CT molecular complexity index is 3890. The normalized spacial score (nSPS) is 13.2. The van der Waals surface area contributed by atoms with Crippen molar-refractivity contribution in [3.8, 4) is 40.5 Å². The number of amidine groups is 1. The molecule has 1 aliphatic heterocycles. The maximum Gasteiger partial charge on any atom is 0.126 e. The standard InChI is InChI=1S/C40H31FN6.C27H25N3.C2H5N.C2H6.CH3N/c1-26-16-36(44)14-15-47(39-13-12-35(41)22-38(26)39)37-20-33(32-7-2-4-28(17-32)24-43)19-34(21-37)40(45)46-25-29-5-3-6-31(18-29)30-10-8-27(23-42)9-11-30;1-5-12-30(27-11-10-24(29)17-26(27)20(4)6-2)25-14-19(3)13-23(16-25)22-9-7-8-21(15-22)18-28;1-3-2;2*1-2/h2-8,10,12-22H,1,9,11,25,44H2,(H2,45,46);5-17H,2,4,29H2,1,3H3;1H2,2H3;1-2H3;2H,1H2/b15-14-,36-16+;12-5-;;;. The van der Waals surface area contributed by atoms with Crippen LogP contribution >= 0.6 is 0 Å². The quantitative estimate of drug-likeness (QED) is 0.0400. The Hall–Kier alpha value is -11.1. The van der Waals surface area contributed by atoms with Gasteiger partial charge in [-0.3, -0.25) is 4.99 Å². The average Bonchev–Trinajstić information content (AvgIpc) is 2.97. The van der Waals surface area contributed by atoms with E-state index >= 15 is 0 Å². The van der Waals surface area contributed by atoms with Crippen LogP contribution in [0.3, 0.4) is 0 Å². The lowest BCUT2D eigenvalue weighted by molar-refractivity contribution is 0.627. The summed E-state index contributed by atoms with van der Waals surface area (Å²) in [4.78, 5) is 12.1. The van der Waals surface area contributed by atoms with Crippen LogP contribution in [0.4, 0.5) is 32.8 Å². The predicted octanol–water partition coefficient (Wildman–Crippen LogP) is 17.0. The van der Waals surface area contributed by atoms with Crippen LogP contribution in [0.15, 0.2) is 235 Å². The van der Waals surface area contributed by atoms with E-state index in [4.69, 9.17) is 27.6 Å². The van der Waals surface area contributed by atoms with Crippen LogP contribution in [-0.2, 0) is 6.54 Å². The van der Waals surface area contributed by atoms with Gasteiger partial charge >= 0.3 is 0 Å². The van der Waals surface area contributed by atoms with Crippen molar-refractivity contribution < 1.29 is 4.39 Å². The summed E-state index contributed by atoms with van der Waals surface area (Å²) in [7, 11) is 1.64. The van der Waals surface area contributed by atoms with Gasteiger partial charge in [0.05, 0.1) is 47.3 Å². The predicted molar refractivity (Wildman–Crippen MR) is 352 cm³/mol. The summed E-state index contributed by atoms with van der Waals surface area (Å²) in [6, 6.07) is 52.5. The van der Waals surface area contributed by atoms with E-state index in [1.165, 1.54) is 17.7 Å². The van der Waals surface area contributed by atoms with Gasteiger partial charge in [0.2, 0.25) is 0 Å². The topological polar surface area (TPSA) is 204 Å². The molecule has 0 spiro atoms. The summed E-state index contributed by atoms with van der Waals surface area (Å²) in [5.41, 5.74) is 37.2. The van der Waals surface area contributed by atoms with E-state index in [1.54, 1.807) is 37.4 Å². The highest BCUT2D eigenvalue weighted by atomic mass is 19.1. The van der Waals surface area contributed by atoms with Crippen LogP contribution in [0.25, 0.3) is 39.0 Å². The van der Waals surface area contributed by atoms with Gasteiger partial charge in [-0.1, -0.05) is 100 Å². The first-order chi connectivity index (χ1) is 40.7. The van der Waals surface area contributed by atoms with E-state index in [0.29, 0.717) is 57.3 Å². The number of halogens is 1. The summed E-state index contributed by atoms with van der Waals surface area (Å²) in [6.45, 7) is 26.2. The molecule has 11 nitrogen and oxygen atoms in total. The van der Waals surface area contributed by atoms with Crippen molar-refractivity contribution in [3.05, 3.63) is 276 Å². The second-order valence-corrected chi connectivity index (χ2v) is 18.8. The van der Waals surface area contributed by atoms with Gasteiger partial charge in [-0.2, -0.15) is 15.8 Å². The molecule has 1 aliphatic carbocycles. The van der Waals surface area contributed by atoms with Gasteiger partial charge in [0, 0.05) is 64.5 Å². The fraction of sp³-hybridized carbons (Fsp3) is 0.111. The Labute approximate surface area is 495 Å². The number of anilines is 5. The van der Waals surface area contributed by atoms with Crippen LogP contribution in [0.5, 0.6) is 0 Å². The fourth-order valence-electron chi connectivity index (χ4n) is 9.13. The maximum absolute atomic E-state index is 14.4. The molecule has 0 atom stereocenters. The molecule has 9 rings (SSSR count). The highest BCUT2D eigenvalue weighted by molar-refractivity contribution is 6.00. The summed E-state index contributed by atoms with van der Waals surface area (Å²) in [5.74, 6) is -0.0414. The molecule has 84 heavy (non-hydrogen) atoms. The number of nitrogens with two attached hydrogens (primary N) is 3. The summed E-state index contributed by atoms with van der Waals surface area (Å²) in [6.07, 6.45) is 16.5. The molecule has 7 aromatic carbocycles. The molecule has 2 aliphatic rings.